The SMILES string of the molecule is COc1cc(NC2CCN(Cc3csc(C4CCCC4)n3)CC2)ncn1. The van der Waals surface area contributed by atoms with Gasteiger partial charge in [-0.15, -0.1) is 11.3 Å². The van der Waals surface area contributed by atoms with E-state index in [1.54, 1.807) is 13.4 Å². The molecule has 0 unspecified atom stereocenters. The Morgan fingerprint density at radius 3 is 2.77 bits per heavy atom. The van der Waals surface area contributed by atoms with E-state index in [1.807, 2.05) is 17.4 Å². The molecule has 0 bridgehead atoms. The standard InChI is InChI=1S/C19H27N5OS/c1-25-18-10-17(20-13-21-18)22-15-6-8-24(9-7-15)11-16-12-26-19(23-16)14-4-2-3-5-14/h10,12-15H,2-9,11H2,1H3,(H,20,21,22). The summed E-state index contributed by atoms with van der Waals surface area (Å²) in [6, 6.07) is 2.31. The maximum Gasteiger partial charge on any atom is 0.218 e. The van der Waals surface area contributed by atoms with Crippen LogP contribution in [-0.4, -0.2) is 46.1 Å². The third-order valence-corrected chi connectivity index (χ3v) is 6.51. The molecule has 6 nitrogen and oxygen atoms in total. The Balaban J connectivity index is 1.25. The first kappa shape index (κ1) is 17.7. The van der Waals surface area contributed by atoms with E-state index in [0.29, 0.717) is 11.9 Å². The molecule has 1 saturated carbocycles. The number of rotatable bonds is 6. The molecule has 2 aromatic heterocycles. The molecular formula is C19H27N5OS. The first-order valence-electron chi connectivity index (χ1n) is 9.59. The number of hydrogen-bond acceptors (Lipinski definition) is 7. The molecule has 26 heavy (non-hydrogen) atoms. The Labute approximate surface area is 159 Å². The number of piperidine rings is 1. The van der Waals surface area contributed by atoms with Crippen molar-refractivity contribution in [1.82, 2.24) is 19.9 Å². The van der Waals surface area contributed by atoms with Crippen molar-refractivity contribution >= 4 is 17.2 Å². The number of anilines is 1. The van der Waals surface area contributed by atoms with E-state index in [0.717, 1.165) is 44.2 Å². The highest BCUT2D eigenvalue weighted by Crippen LogP contribution is 2.35. The molecule has 0 aromatic carbocycles. The van der Waals surface area contributed by atoms with Crippen molar-refractivity contribution in [3.63, 3.8) is 0 Å². The van der Waals surface area contributed by atoms with Gasteiger partial charge in [0.2, 0.25) is 5.88 Å². The summed E-state index contributed by atoms with van der Waals surface area (Å²) in [5.74, 6) is 2.17. The maximum absolute atomic E-state index is 5.16. The molecule has 2 fully saturated rings. The van der Waals surface area contributed by atoms with Crippen LogP contribution in [0.15, 0.2) is 17.8 Å². The third kappa shape index (κ3) is 4.32. The second kappa shape index (κ2) is 8.31. The lowest BCUT2D eigenvalue weighted by Gasteiger charge is -2.32. The molecule has 1 aliphatic carbocycles. The zero-order chi connectivity index (χ0) is 17.8. The Hall–Kier alpha value is -1.73. The molecule has 2 aromatic rings. The van der Waals surface area contributed by atoms with Crippen molar-refractivity contribution in [2.45, 2.75) is 57.0 Å². The highest BCUT2D eigenvalue weighted by atomic mass is 32.1. The van der Waals surface area contributed by atoms with Gasteiger partial charge in [0.05, 0.1) is 17.8 Å². The number of thiazole rings is 1. The van der Waals surface area contributed by atoms with Gasteiger partial charge in [-0.2, -0.15) is 0 Å². The van der Waals surface area contributed by atoms with Gasteiger partial charge in [0.1, 0.15) is 12.1 Å². The first-order valence-corrected chi connectivity index (χ1v) is 10.5. The van der Waals surface area contributed by atoms with Gasteiger partial charge < -0.3 is 10.1 Å². The normalized spacial score (nSPS) is 19.7. The number of likely N-dealkylation sites (tertiary alicyclic amines) is 1. The minimum atomic E-state index is 0.454. The molecule has 4 rings (SSSR count). The quantitative estimate of drug-likeness (QED) is 0.833. The average molecular weight is 374 g/mol. The summed E-state index contributed by atoms with van der Waals surface area (Å²) in [6.45, 7) is 3.17. The lowest BCUT2D eigenvalue weighted by Crippen LogP contribution is -2.38. The molecule has 1 N–H and O–H groups in total. The van der Waals surface area contributed by atoms with Crippen LogP contribution in [0, 0.1) is 0 Å². The molecule has 0 spiro atoms. The predicted octanol–water partition coefficient (Wildman–Crippen LogP) is 3.68. The largest absolute Gasteiger partial charge is 0.481 e. The Morgan fingerprint density at radius 1 is 1.19 bits per heavy atom. The van der Waals surface area contributed by atoms with Crippen molar-refractivity contribution in [1.29, 1.82) is 0 Å². The van der Waals surface area contributed by atoms with Gasteiger partial charge in [-0.1, -0.05) is 12.8 Å². The van der Waals surface area contributed by atoms with Crippen molar-refractivity contribution < 1.29 is 4.74 Å². The molecule has 140 valence electrons. The molecule has 1 saturated heterocycles. The molecule has 7 heteroatoms. The first-order chi connectivity index (χ1) is 12.8. The minimum absolute atomic E-state index is 0.454. The van der Waals surface area contributed by atoms with Gasteiger partial charge >= 0.3 is 0 Å². The van der Waals surface area contributed by atoms with Crippen LogP contribution in [0.25, 0.3) is 0 Å². The minimum Gasteiger partial charge on any atom is -0.481 e. The fourth-order valence-corrected chi connectivity index (χ4v) is 4.94. The summed E-state index contributed by atoms with van der Waals surface area (Å²) < 4.78 is 5.16. The third-order valence-electron chi connectivity index (χ3n) is 5.45. The van der Waals surface area contributed by atoms with Crippen molar-refractivity contribution in [3.05, 3.63) is 28.5 Å². The zero-order valence-electron chi connectivity index (χ0n) is 15.4. The second-order valence-corrected chi connectivity index (χ2v) is 8.19. The summed E-state index contributed by atoms with van der Waals surface area (Å²) >= 11 is 1.87. The van der Waals surface area contributed by atoms with Gasteiger partial charge in [0.15, 0.2) is 0 Å². The van der Waals surface area contributed by atoms with E-state index in [2.05, 4.69) is 25.6 Å². The van der Waals surface area contributed by atoms with E-state index < -0.39 is 0 Å². The van der Waals surface area contributed by atoms with Crippen LogP contribution in [0.3, 0.4) is 0 Å². The smallest absolute Gasteiger partial charge is 0.218 e. The van der Waals surface area contributed by atoms with Gasteiger partial charge in [0, 0.05) is 43.0 Å². The maximum atomic E-state index is 5.16. The van der Waals surface area contributed by atoms with E-state index in [1.165, 1.54) is 36.4 Å². The number of ether oxygens (including phenoxy) is 1. The highest BCUT2D eigenvalue weighted by molar-refractivity contribution is 7.09. The number of aromatic nitrogens is 3. The van der Waals surface area contributed by atoms with Crippen LogP contribution < -0.4 is 10.1 Å². The molecule has 2 aliphatic rings. The molecule has 1 aliphatic heterocycles. The monoisotopic (exact) mass is 373 g/mol. The summed E-state index contributed by atoms with van der Waals surface area (Å²) in [5.41, 5.74) is 1.25. The van der Waals surface area contributed by atoms with Crippen molar-refractivity contribution in [2.24, 2.45) is 0 Å². The zero-order valence-corrected chi connectivity index (χ0v) is 16.2. The summed E-state index contributed by atoms with van der Waals surface area (Å²) in [6.07, 6.45) is 9.19. The van der Waals surface area contributed by atoms with Crippen LogP contribution in [0.1, 0.15) is 55.1 Å². The average Bonchev–Trinajstić information content (AvgIpc) is 3.35. The second-order valence-electron chi connectivity index (χ2n) is 7.30. The molecular weight excluding hydrogens is 346 g/mol. The molecule has 0 amide bonds. The van der Waals surface area contributed by atoms with Crippen LogP contribution in [0.5, 0.6) is 5.88 Å². The van der Waals surface area contributed by atoms with Gasteiger partial charge in [-0.3, -0.25) is 4.90 Å². The van der Waals surface area contributed by atoms with Crippen LogP contribution in [0.2, 0.25) is 0 Å². The van der Waals surface area contributed by atoms with Gasteiger partial charge in [0.25, 0.3) is 0 Å². The lowest BCUT2D eigenvalue weighted by molar-refractivity contribution is 0.209. The predicted molar refractivity (Wildman–Crippen MR) is 104 cm³/mol. The highest BCUT2D eigenvalue weighted by Gasteiger charge is 2.23. The summed E-state index contributed by atoms with van der Waals surface area (Å²) in [5, 5.41) is 7.15. The summed E-state index contributed by atoms with van der Waals surface area (Å²) in [7, 11) is 1.63. The summed E-state index contributed by atoms with van der Waals surface area (Å²) in [4.78, 5) is 15.8. The fourth-order valence-electron chi connectivity index (χ4n) is 3.96. The van der Waals surface area contributed by atoms with E-state index in [-0.39, 0.29) is 0 Å². The molecule has 3 heterocycles. The van der Waals surface area contributed by atoms with Crippen LogP contribution >= 0.6 is 11.3 Å². The molecule has 0 atom stereocenters. The lowest BCUT2D eigenvalue weighted by atomic mass is 10.0. The van der Waals surface area contributed by atoms with E-state index in [4.69, 9.17) is 9.72 Å². The molecule has 0 radical (unpaired) electrons. The van der Waals surface area contributed by atoms with E-state index in [9.17, 15) is 0 Å². The van der Waals surface area contributed by atoms with Gasteiger partial charge in [-0.05, 0) is 25.7 Å². The number of nitrogens with one attached hydrogen (secondary N) is 1. The Morgan fingerprint density at radius 2 is 2.00 bits per heavy atom. The Bertz CT molecular complexity index is 707. The van der Waals surface area contributed by atoms with Crippen molar-refractivity contribution in [2.75, 3.05) is 25.5 Å². The fraction of sp³-hybridized carbons (Fsp3) is 0.632. The van der Waals surface area contributed by atoms with Crippen LogP contribution in [0.4, 0.5) is 5.82 Å². The Kier molecular flexibility index (Phi) is 5.65. The number of nitrogens with zero attached hydrogens (tertiary/aromatic N) is 4. The van der Waals surface area contributed by atoms with Crippen LogP contribution in [-0.2, 0) is 6.54 Å². The number of hydrogen-bond donors (Lipinski definition) is 1. The van der Waals surface area contributed by atoms with Crippen molar-refractivity contribution in [3.8, 4) is 5.88 Å². The topological polar surface area (TPSA) is 63.2 Å². The number of methoxy groups -OCH3 is 1. The van der Waals surface area contributed by atoms with Gasteiger partial charge in [-0.25, -0.2) is 15.0 Å². The van der Waals surface area contributed by atoms with E-state index >= 15 is 0 Å².